The highest BCUT2D eigenvalue weighted by atomic mass is 79.9. The smallest absolute Gasteiger partial charge is 0.237 e. The average molecular weight is 321 g/mol. The Balaban J connectivity index is 2.71. The van der Waals surface area contributed by atoms with Crippen LogP contribution in [0.3, 0.4) is 0 Å². The zero-order valence-electron chi connectivity index (χ0n) is 9.80. The second-order valence-electron chi connectivity index (χ2n) is 3.60. The molecular weight excluding hydrogens is 305 g/mol. The maximum absolute atomic E-state index is 11.4. The van der Waals surface area contributed by atoms with Crippen molar-refractivity contribution in [3.05, 3.63) is 23.2 Å². The van der Waals surface area contributed by atoms with Crippen molar-refractivity contribution in [1.82, 2.24) is 0 Å². The molecule has 0 fully saturated rings. The molecule has 0 aromatic heterocycles. The van der Waals surface area contributed by atoms with Gasteiger partial charge in [0.25, 0.3) is 0 Å². The molecule has 1 N–H and O–H groups in total. The molecular formula is C12H15BrClNO2. The van der Waals surface area contributed by atoms with Crippen molar-refractivity contribution in [2.45, 2.75) is 25.1 Å². The lowest BCUT2D eigenvalue weighted by molar-refractivity contribution is -0.115. The Bertz CT molecular complexity index is 396. The number of hydrogen-bond acceptors (Lipinski definition) is 2. The van der Waals surface area contributed by atoms with Gasteiger partial charge in [-0.1, -0.05) is 34.5 Å². The number of nitrogens with one attached hydrogen (secondary N) is 1. The van der Waals surface area contributed by atoms with E-state index in [-0.39, 0.29) is 10.7 Å². The molecule has 1 aromatic carbocycles. The number of carbonyl (C=O) groups is 1. The van der Waals surface area contributed by atoms with Crippen LogP contribution < -0.4 is 10.1 Å². The molecule has 1 amide bonds. The number of benzene rings is 1. The molecule has 0 aliphatic carbocycles. The fourth-order valence-corrected chi connectivity index (χ4v) is 1.50. The quantitative estimate of drug-likeness (QED) is 0.837. The van der Waals surface area contributed by atoms with Crippen LogP contribution in [0.1, 0.15) is 20.3 Å². The standard InChI is InChI=1S/C12H15BrClNO2/c1-3-6-17-11-5-4-9(7-10(11)14)15-12(16)8(2)13/h4-5,7-8H,3,6H2,1-2H3,(H,15,16). The first-order chi connectivity index (χ1) is 8.04. The molecule has 0 bridgehead atoms. The summed E-state index contributed by atoms with van der Waals surface area (Å²) in [4.78, 5) is 11.2. The summed E-state index contributed by atoms with van der Waals surface area (Å²) in [6.07, 6.45) is 0.927. The first-order valence-electron chi connectivity index (χ1n) is 5.42. The number of halogens is 2. The van der Waals surface area contributed by atoms with E-state index in [9.17, 15) is 4.79 Å². The van der Waals surface area contributed by atoms with E-state index in [1.807, 2.05) is 6.92 Å². The molecule has 0 spiro atoms. The highest BCUT2D eigenvalue weighted by Gasteiger charge is 2.10. The van der Waals surface area contributed by atoms with Gasteiger partial charge in [-0.05, 0) is 31.5 Å². The maximum Gasteiger partial charge on any atom is 0.237 e. The van der Waals surface area contributed by atoms with Gasteiger partial charge >= 0.3 is 0 Å². The predicted molar refractivity (Wildman–Crippen MR) is 74.3 cm³/mol. The fourth-order valence-electron chi connectivity index (χ4n) is 1.15. The number of alkyl halides is 1. The lowest BCUT2D eigenvalue weighted by Gasteiger charge is -2.10. The fraction of sp³-hybridized carbons (Fsp3) is 0.417. The molecule has 0 saturated carbocycles. The molecule has 1 rings (SSSR count). The van der Waals surface area contributed by atoms with E-state index in [1.54, 1.807) is 25.1 Å². The second-order valence-corrected chi connectivity index (χ2v) is 5.38. The number of ether oxygens (including phenoxy) is 1. The third kappa shape index (κ3) is 4.56. The van der Waals surface area contributed by atoms with Crippen LogP contribution in [0.5, 0.6) is 5.75 Å². The van der Waals surface area contributed by atoms with E-state index in [4.69, 9.17) is 16.3 Å². The van der Waals surface area contributed by atoms with Crippen LogP contribution >= 0.6 is 27.5 Å². The molecule has 0 saturated heterocycles. The van der Waals surface area contributed by atoms with Crippen LogP contribution in [0.2, 0.25) is 5.02 Å². The minimum atomic E-state index is -0.239. The monoisotopic (exact) mass is 319 g/mol. The molecule has 0 radical (unpaired) electrons. The van der Waals surface area contributed by atoms with Crippen molar-refractivity contribution in [1.29, 1.82) is 0 Å². The zero-order chi connectivity index (χ0) is 12.8. The van der Waals surface area contributed by atoms with Gasteiger partial charge in [0.1, 0.15) is 5.75 Å². The van der Waals surface area contributed by atoms with Gasteiger partial charge < -0.3 is 10.1 Å². The summed E-state index contributed by atoms with van der Waals surface area (Å²) in [5.74, 6) is 0.529. The molecule has 1 atom stereocenters. The van der Waals surface area contributed by atoms with E-state index >= 15 is 0 Å². The first kappa shape index (κ1) is 14.3. The molecule has 1 unspecified atom stereocenters. The van der Waals surface area contributed by atoms with Gasteiger partial charge in [-0.15, -0.1) is 0 Å². The van der Waals surface area contributed by atoms with E-state index in [1.165, 1.54) is 0 Å². The summed E-state index contributed by atoms with van der Waals surface area (Å²) >= 11 is 9.23. The van der Waals surface area contributed by atoms with Crippen molar-refractivity contribution in [3.8, 4) is 5.75 Å². The normalized spacial score (nSPS) is 12.0. The SMILES string of the molecule is CCCOc1ccc(NC(=O)C(C)Br)cc1Cl. The lowest BCUT2D eigenvalue weighted by atomic mass is 10.3. The minimum Gasteiger partial charge on any atom is -0.492 e. The Kier molecular flexibility index (Phi) is 5.78. The molecule has 0 aliphatic rings. The molecule has 0 heterocycles. The lowest BCUT2D eigenvalue weighted by Crippen LogP contribution is -2.19. The van der Waals surface area contributed by atoms with Gasteiger partial charge in [0, 0.05) is 5.69 Å². The van der Waals surface area contributed by atoms with Gasteiger partial charge in [-0.25, -0.2) is 0 Å². The molecule has 0 aliphatic heterocycles. The maximum atomic E-state index is 11.4. The summed E-state index contributed by atoms with van der Waals surface area (Å²) in [7, 11) is 0. The zero-order valence-corrected chi connectivity index (χ0v) is 12.1. The Morgan fingerprint density at radius 2 is 2.29 bits per heavy atom. The van der Waals surface area contributed by atoms with Gasteiger partial charge in [-0.2, -0.15) is 0 Å². The van der Waals surface area contributed by atoms with Crippen molar-refractivity contribution in [2.75, 3.05) is 11.9 Å². The van der Waals surface area contributed by atoms with Crippen molar-refractivity contribution >= 4 is 39.1 Å². The third-order valence-electron chi connectivity index (χ3n) is 2.02. The molecule has 17 heavy (non-hydrogen) atoms. The van der Waals surface area contributed by atoms with Crippen molar-refractivity contribution in [3.63, 3.8) is 0 Å². The van der Waals surface area contributed by atoms with Crippen molar-refractivity contribution in [2.24, 2.45) is 0 Å². The molecule has 1 aromatic rings. The molecule has 94 valence electrons. The first-order valence-corrected chi connectivity index (χ1v) is 6.71. The van der Waals surface area contributed by atoms with Gasteiger partial charge in [0.2, 0.25) is 5.91 Å². The summed E-state index contributed by atoms with van der Waals surface area (Å²) in [6, 6.07) is 5.20. The van der Waals surface area contributed by atoms with Crippen LogP contribution in [-0.4, -0.2) is 17.3 Å². The largest absolute Gasteiger partial charge is 0.492 e. The van der Waals surface area contributed by atoms with E-state index in [0.717, 1.165) is 6.42 Å². The van der Waals surface area contributed by atoms with Crippen LogP contribution in [0.15, 0.2) is 18.2 Å². The van der Waals surface area contributed by atoms with Crippen LogP contribution in [-0.2, 0) is 4.79 Å². The van der Waals surface area contributed by atoms with Gasteiger partial charge in [-0.3, -0.25) is 4.79 Å². The van der Waals surface area contributed by atoms with Gasteiger partial charge in [0.15, 0.2) is 0 Å². The number of anilines is 1. The minimum absolute atomic E-state index is 0.108. The van der Waals surface area contributed by atoms with Crippen LogP contribution in [0.4, 0.5) is 5.69 Å². The third-order valence-corrected chi connectivity index (χ3v) is 2.73. The van der Waals surface area contributed by atoms with Crippen LogP contribution in [0, 0.1) is 0 Å². The number of rotatable bonds is 5. The van der Waals surface area contributed by atoms with Gasteiger partial charge in [0.05, 0.1) is 16.5 Å². The van der Waals surface area contributed by atoms with E-state index in [2.05, 4.69) is 21.2 Å². The number of carbonyl (C=O) groups excluding carboxylic acids is 1. The number of hydrogen-bond donors (Lipinski definition) is 1. The topological polar surface area (TPSA) is 38.3 Å². The molecule has 5 heteroatoms. The summed E-state index contributed by atoms with van der Waals surface area (Å²) in [5.41, 5.74) is 0.662. The Morgan fingerprint density at radius 3 is 2.82 bits per heavy atom. The summed E-state index contributed by atoms with van der Waals surface area (Å²) < 4.78 is 5.44. The van der Waals surface area contributed by atoms with E-state index < -0.39 is 0 Å². The Morgan fingerprint density at radius 1 is 1.59 bits per heavy atom. The summed E-state index contributed by atoms with van der Waals surface area (Å²) in [5, 5.41) is 3.24. The Hall–Kier alpha value is -0.740. The highest BCUT2D eigenvalue weighted by molar-refractivity contribution is 9.10. The molecule has 3 nitrogen and oxygen atoms in total. The van der Waals surface area contributed by atoms with Crippen molar-refractivity contribution < 1.29 is 9.53 Å². The number of amides is 1. The second kappa shape index (κ2) is 6.87. The average Bonchev–Trinajstić information content (AvgIpc) is 2.28. The predicted octanol–water partition coefficient (Wildman–Crippen LogP) is 3.85. The highest BCUT2D eigenvalue weighted by Crippen LogP contribution is 2.28. The van der Waals surface area contributed by atoms with Crippen LogP contribution in [0.25, 0.3) is 0 Å². The van der Waals surface area contributed by atoms with E-state index in [0.29, 0.717) is 23.1 Å². The Labute approximate surface area is 115 Å². The summed E-state index contributed by atoms with van der Waals surface area (Å²) in [6.45, 7) is 4.42.